The number of nitrogens with one attached hydrogen (secondary N) is 1. The van der Waals surface area contributed by atoms with Crippen molar-refractivity contribution in [1.82, 2.24) is 10.3 Å². The number of ether oxygens (including phenoxy) is 1. The lowest BCUT2D eigenvalue weighted by molar-refractivity contribution is -0.137. The van der Waals surface area contributed by atoms with Crippen molar-refractivity contribution in [2.45, 2.75) is 26.3 Å². The summed E-state index contributed by atoms with van der Waals surface area (Å²) in [5.74, 6) is -0.304. The number of carbonyl (C=O) groups excluding carboxylic acids is 1. The van der Waals surface area contributed by atoms with Gasteiger partial charge in [-0.15, -0.1) is 11.3 Å². The summed E-state index contributed by atoms with van der Waals surface area (Å²) >= 11 is 1.61. The zero-order valence-electron chi connectivity index (χ0n) is 10.4. The van der Waals surface area contributed by atoms with Crippen LogP contribution in [0.2, 0.25) is 0 Å². The SMILES string of the molecule is CCOC(=O)/C=C/CNC(C)(C)c1nccs1. The van der Waals surface area contributed by atoms with Crippen LogP contribution in [0.3, 0.4) is 0 Å². The average Bonchev–Trinajstić information content (AvgIpc) is 2.79. The molecule has 0 aliphatic carbocycles. The number of aromatic nitrogens is 1. The van der Waals surface area contributed by atoms with Crippen LogP contribution in [-0.2, 0) is 15.1 Å². The molecule has 0 saturated heterocycles. The first-order valence-electron chi connectivity index (χ1n) is 5.54. The molecular formula is C12H18N2O2S. The summed E-state index contributed by atoms with van der Waals surface area (Å²) < 4.78 is 4.78. The monoisotopic (exact) mass is 254 g/mol. The third kappa shape index (κ3) is 4.66. The molecule has 5 heteroatoms. The first-order valence-corrected chi connectivity index (χ1v) is 6.42. The second-order valence-electron chi connectivity index (χ2n) is 4.00. The second-order valence-corrected chi connectivity index (χ2v) is 4.89. The van der Waals surface area contributed by atoms with Crippen LogP contribution < -0.4 is 5.32 Å². The van der Waals surface area contributed by atoms with Gasteiger partial charge in [-0.25, -0.2) is 9.78 Å². The zero-order valence-corrected chi connectivity index (χ0v) is 11.2. The van der Waals surface area contributed by atoms with Gasteiger partial charge < -0.3 is 10.1 Å². The van der Waals surface area contributed by atoms with Crippen LogP contribution in [0, 0.1) is 0 Å². The number of nitrogens with zero attached hydrogens (tertiary/aromatic N) is 1. The Balaban J connectivity index is 2.38. The Morgan fingerprint density at radius 2 is 2.41 bits per heavy atom. The molecule has 1 N–H and O–H groups in total. The molecule has 0 fully saturated rings. The van der Waals surface area contributed by atoms with E-state index in [-0.39, 0.29) is 11.5 Å². The molecule has 0 spiro atoms. The van der Waals surface area contributed by atoms with Crippen molar-refractivity contribution in [2.24, 2.45) is 0 Å². The largest absolute Gasteiger partial charge is 0.463 e. The van der Waals surface area contributed by atoms with E-state index >= 15 is 0 Å². The van der Waals surface area contributed by atoms with Crippen LogP contribution in [-0.4, -0.2) is 24.1 Å². The summed E-state index contributed by atoms with van der Waals surface area (Å²) in [6.07, 6.45) is 4.99. The maximum atomic E-state index is 11.0. The smallest absolute Gasteiger partial charge is 0.330 e. The van der Waals surface area contributed by atoms with Crippen LogP contribution >= 0.6 is 11.3 Å². The van der Waals surface area contributed by atoms with Gasteiger partial charge in [-0.3, -0.25) is 0 Å². The minimum absolute atomic E-state index is 0.187. The highest BCUT2D eigenvalue weighted by molar-refractivity contribution is 7.09. The van der Waals surface area contributed by atoms with Crippen molar-refractivity contribution in [3.8, 4) is 0 Å². The Labute approximate surface area is 106 Å². The summed E-state index contributed by atoms with van der Waals surface area (Å²) in [6.45, 7) is 6.91. The van der Waals surface area contributed by atoms with Crippen LogP contribution in [0.5, 0.6) is 0 Å². The van der Waals surface area contributed by atoms with Gasteiger partial charge in [-0.05, 0) is 20.8 Å². The summed E-state index contributed by atoms with van der Waals surface area (Å²) in [5, 5.41) is 6.29. The molecule has 0 radical (unpaired) electrons. The van der Waals surface area contributed by atoms with Gasteiger partial charge >= 0.3 is 5.97 Å². The maximum absolute atomic E-state index is 11.0. The Morgan fingerprint density at radius 1 is 1.65 bits per heavy atom. The number of rotatable bonds is 6. The van der Waals surface area contributed by atoms with Gasteiger partial charge in [0.2, 0.25) is 0 Å². The van der Waals surface area contributed by atoms with E-state index in [1.165, 1.54) is 6.08 Å². The molecule has 0 amide bonds. The predicted molar refractivity (Wildman–Crippen MR) is 68.9 cm³/mol. The Bertz CT molecular complexity index is 372. The first-order chi connectivity index (χ1) is 8.06. The third-order valence-corrected chi connectivity index (χ3v) is 3.27. The molecule has 0 aliphatic rings. The van der Waals surface area contributed by atoms with Gasteiger partial charge in [0.15, 0.2) is 0 Å². The van der Waals surface area contributed by atoms with E-state index in [0.717, 1.165) is 5.01 Å². The molecule has 0 bridgehead atoms. The maximum Gasteiger partial charge on any atom is 0.330 e. The van der Waals surface area contributed by atoms with Gasteiger partial charge in [-0.2, -0.15) is 0 Å². The van der Waals surface area contributed by atoms with Crippen LogP contribution in [0.25, 0.3) is 0 Å². The van der Waals surface area contributed by atoms with Gasteiger partial charge in [0, 0.05) is 24.2 Å². The molecule has 1 aromatic heterocycles. The summed E-state index contributed by atoms with van der Waals surface area (Å²) in [5.41, 5.74) is -0.187. The van der Waals surface area contributed by atoms with E-state index in [2.05, 4.69) is 24.1 Å². The minimum atomic E-state index is -0.304. The van der Waals surface area contributed by atoms with Crippen molar-refractivity contribution < 1.29 is 9.53 Å². The number of thiazole rings is 1. The number of hydrogen-bond donors (Lipinski definition) is 1. The van der Waals surface area contributed by atoms with E-state index in [4.69, 9.17) is 4.74 Å². The minimum Gasteiger partial charge on any atom is -0.463 e. The molecule has 94 valence electrons. The van der Waals surface area contributed by atoms with Gasteiger partial charge in [0.1, 0.15) is 5.01 Å². The average molecular weight is 254 g/mol. The fraction of sp³-hybridized carbons (Fsp3) is 0.500. The van der Waals surface area contributed by atoms with Crippen molar-refractivity contribution >= 4 is 17.3 Å². The van der Waals surface area contributed by atoms with E-state index in [1.54, 1.807) is 30.5 Å². The predicted octanol–water partition coefficient (Wildman–Crippen LogP) is 2.09. The third-order valence-electron chi connectivity index (χ3n) is 2.17. The first kappa shape index (κ1) is 13.9. The molecule has 0 atom stereocenters. The number of esters is 1. The molecule has 17 heavy (non-hydrogen) atoms. The van der Waals surface area contributed by atoms with Gasteiger partial charge in [0.05, 0.1) is 12.1 Å². The number of carbonyl (C=O) groups is 1. The Kier molecular flexibility index (Phi) is 5.31. The molecule has 0 unspecified atom stereocenters. The molecular weight excluding hydrogens is 236 g/mol. The molecule has 1 rings (SSSR count). The lowest BCUT2D eigenvalue weighted by atomic mass is 10.1. The van der Waals surface area contributed by atoms with Crippen molar-refractivity contribution in [1.29, 1.82) is 0 Å². The normalized spacial score (nSPS) is 11.9. The van der Waals surface area contributed by atoms with Crippen LogP contribution in [0.4, 0.5) is 0 Å². The number of hydrogen-bond acceptors (Lipinski definition) is 5. The van der Waals surface area contributed by atoms with E-state index in [1.807, 2.05) is 5.38 Å². The second kappa shape index (κ2) is 6.51. The lowest BCUT2D eigenvalue weighted by Crippen LogP contribution is -2.36. The standard InChI is InChI=1S/C12H18N2O2S/c1-4-16-10(15)6-5-7-14-12(2,3)11-13-8-9-17-11/h5-6,8-9,14H,4,7H2,1-3H3/b6-5+. The molecule has 0 aliphatic heterocycles. The highest BCUT2D eigenvalue weighted by atomic mass is 32.1. The van der Waals surface area contributed by atoms with Crippen molar-refractivity contribution in [2.75, 3.05) is 13.2 Å². The summed E-state index contributed by atoms with van der Waals surface area (Å²) in [4.78, 5) is 15.3. The Morgan fingerprint density at radius 3 is 3.00 bits per heavy atom. The summed E-state index contributed by atoms with van der Waals surface area (Å²) in [7, 11) is 0. The highest BCUT2D eigenvalue weighted by Crippen LogP contribution is 2.21. The van der Waals surface area contributed by atoms with E-state index < -0.39 is 0 Å². The van der Waals surface area contributed by atoms with Gasteiger partial charge in [-0.1, -0.05) is 6.08 Å². The lowest BCUT2D eigenvalue weighted by Gasteiger charge is -2.22. The topological polar surface area (TPSA) is 51.2 Å². The molecule has 0 aromatic carbocycles. The highest BCUT2D eigenvalue weighted by Gasteiger charge is 2.21. The van der Waals surface area contributed by atoms with Crippen LogP contribution in [0.15, 0.2) is 23.7 Å². The molecule has 1 aromatic rings. The Hall–Kier alpha value is -1.20. The summed E-state index contributed by atoms with van der Waals surface area (Å²) in [6, 6.07) is 0. The van der Waals surface area contributed by atoms with Gasteiger partial charge in [0.25, 0.3) is 0 Å². The fourth-order valence-corrected chi connectivity index (χ4v) is 2.01. The zero-order chi connectivity index (χ0) is 12.7. The quantitative estimate of drug-likeness (QED) is 0.624. The molecule has 0 saturated carbocycles. The van der Waals surface area contributed by atoms with Crippen molar-refractivity contribution in [3.63, 3.8) is 0 Å². The molecule has 1 heterocycles. The van der Waals surface area contributed by atoms with Crippen molar-refractivity contribution in [3.05, 3.63) is 28.7 Å². The fourth-order valence-electron chi connectivity index (χ4n) is 1.27. The van der Waals surface area contributed by atoms with E-state index in [9.17, 15) is 4.79 Å². The van der Waals surface area contributed by atoms with Crippen LogP contribution in [0.1, 0.15) is 25.8 Å². The molecule has 4 nitrogen and oxygen atoms in total. The van der Waals surface area contributed by atoms with E-state index in [0.29, 0.717) is 13.2 Å².